The highest BCUT2D eigenvalue weighted by Crippen LogP contribution is 2.44. The Hall–Kier alpha value is -9.39. The first-order valence-electron chi connectivity index (χ1n) is 23.3. The molecule has 0 atom stereocenters. The summed E-state index contributed by atoms with van der Waals surface area (Å²) in [5, 5.41) is 6.79. The molecule has 10 aromatic carbocycles. The zero-order valence-electron chi connectivity index (χ0n) is 37.2. The van der Waals surface area contributed by atoms with Gasteiger partial charge in [-0.3, -0.25) is 0 Å². The number of fused-ring (bicyclic) bond motifs is 10. The molecule has 0 unspecified atom stereocenters. The molecule has 69 heavy (non-hydrogen) atoms. The van der Waals surface area contributed by atoms with Gasteiger partial charge in [0.05, 0.1) is 22.1 Å². The third kappa shape index (κ3) is 6.30. The van der Waals surface area contributed by atoms with E-state index in [4.69, 9.17) is 19.4 Å². The van der Waals surface area contributed by atoms with Crippen molar-refractivity contribution in [2.24, 2.45) is 0 Å². The van der Waals surface area contributed by atoms with Crippen LogP contribution in [0.4, 0.5) is 0 Å². The van der Waals surface area contributed by atoms with Crippen LogP contribution in [0.2, 0.25) is 0 Å². The Morgan fingerprint density at radius 1 is 0.290 bits per heavy atom. The smallest absolute Gasteiger partial charge is 0.164 e. The number of aromatic nitrogens is 5. The monoisotopic (exact) mass is 881 g/mol. The van der Waals surface area contributed by atoms with Crippen LogP contribution in [0.1, 0.15) is 0 Å². The summed E-state index contributed by atoms with van der Waals surface area (Å²) in [4.78, 5) is 15.4. The number of furan rings is 1. The third-order valence-electron chi connectivity index (χ3n) is 13.6. The fraction of sp³-hybridized carbons (Fsp3) is 0. The normalized spacial score (nSPS) is 11.8. The maximum Gasteiger partial charge on any atom is 0.164 e. The first-order chi connectivity index (χ1) is 34.2. The second-order valence-corrected chi connectivity index (χ2v) is 17.6. The number of rotatable bonds is 7. The molecule has 322 valence electrons. The van der Waals surface area contributed by atoms with E-state index < -0.39 is 0 Å². The van der Waals surface area contributed by atoms with Crippen LogP contribution in [0.15, 0.2) is 241 Å². The van der Waals surface area contributed by atoms with E-state index in [2.05, 4.69) is 197 Å². The van der Waals surface area contributed by atoms with Gasteiger partial charge in [-0.15, -0.1) is 0 Å². The zero-order chi connectivity index (χ0) is 45.4. The molecule has 0 bridgehead atoms. The van der Waals surface area contributed by atoms with Crippen LogP contribution in [0.5, 0.6) is 0 Å². The van der Waals surface area contributed by atoms with Crippen molar-refractivity contribution >= 4 is 65.6 Å². The molecule has 6 nitrogen and oxygen atoms in total. The van der Waals surface area contributed by atoms with Crippen molar-refractivity contribution < 1.29 is 4.42 Å². The van der Waals surface area contributed by atoms with Crippen LogP contribution in [0.3, 0.4) is 0 Å². The van der Waals surface area contributed by atoms with E-state index in [0.717, 1.165) is 77.8 Å². The van der Waals surface area contributed by atoms with E-state index in [-0.39, 0.29) is 0 Å². The Morgan fingerprint density at radius 2 is 0.812 bits per heavy atom. The van der Waals surface area contributed by atoms with Crippen LogP contribution in [0.25, 0.3) is 133 Å². The Kier molecular flexibility index (Phi) is 8.79. The SMILES string of the molecule is c1ccc(-c2ccc(-c3nc(-c4ccccc4)nc(-c4cccc5oc6ccc(-c7ccc8c(c7)c7ccc9c(c%10ccccc%10n9-c9ccccc9)c7n8-c7ccccc7)cc6c45)n3)cc2)cc1. The number of hydrogen-bond donors (Lipinski definition) is 0. The highest BCUT2D eigenvalue weighted by Gasteiger charge is 2.23. The van der Waals surface area contributed by atoms with Gasteiger partial charge >= 0.3 is 0 Å². The topological polar surface area (TPSA) is 61.7 Å². The highest BCUT2D eigenvalue weighted by atomic mass is 16.3. The lowest BCUT2D eigenvalue weighted by atomic mass is 9.99. The number of nitrogens with zero attached hydrogens (tertiary/aromatic N) is 5. The molecule has 0 saturated heterocycles. The average Bonchev–Trinajstić information content (AvgIpc) is 4.09. The Labute approximate surface area is 396 Å². The van der Waals surface area contributed by atoms with Gasteiger partial charge in [0.2, 0.25) is 0 Å². The van der Waals surface area contributed by atoms with Gasteiger partial charge in [-0.2, -0.15) is 0 Å². The minimum absolute atomic E-state index is 0.583. The van der Waals surface area contributed by atoms with Gasteiger partial charge in [-0.25, -0.2) is 15.0 Å². The van der Waals surface area contributed by atoms with Crippen molar-refractivity contribution in [1.29, 1.82) is 0 Å². The summed E-state index contributed by atoms with van der Waals surface area (Å²) in [6.07, 6.45) is 0. The lowest BCUT2D eigenvalue weighted by Crippen LogP contribution is -2.00. The van der Waals surface area contributed by atoms with Crippen molar-refractivity contribution in [1.82, 2.24) is 24.1 Å². The van der Waals surface area contributed by atoms with Crippen LogP contribution < -0.4 is 0 Å². The fourth-order valence-corrected chi connectivity index (χ4v) is 10.4. The zero-order valence-corrected chi connectivity index (χ0v) is 37.2. The van der Waals surface area contributed by atoms with E-state index in [0.29, 0.717) is 17.5 Å². The van der Waals surface area contributed by atoms with Gasteiger partial charge < -0.3 is 13.6 Å². The molecule has 0 N–H and O–H groups in total. The molecule has 0 saturated carbocycles. The molecular weight excluding hydrogens is 843 g/mol. The standard InChI is InChI=1S/C63H39N5O/c1-5-16-40(17-6-1)41-28-30-43(31-29-41)62-64-61(42-18-7-2-8-19-42)65-63(66-62)50-25-15-27-57-58(50)52-39-45(33-37-56(52)69-57)44-32-35-54-51(38-44)48-34-36-55-59(60(48)68(54)47-22-11-4-12-23-47)49-24-13-14-26-53(49)67(55)46-20-9-3-10-21-46/h1-39H. The Balaban J connectivity index is 0.948. The predicted octanol–water partition coefficient (Wildman–Crippen LogP) is 16.3. The van der Waals surface area contributed by atoms with Crippen molar-refractivity contribution in [2.75, 3.05) is 0 Å². The molecule has 0 aliphatic carbocycles. The summed E-state index contributed by atoms with van der Waals surface area (Å²) in [7, 11) is 0. The van der Waals surface area contributed by atoms with Gasteiger partial charge in [-0.1, -0.05) is 170 Å². The summed E-state index contributed by atoms with van der Waals surface area (Å²) in [5.74, 6) is 1.80. The van der Waals surface area contributed by atoms with Crippen molar-refractivity contribution in [3.63, 3.8) is 0 Å². The van der Waals surface area contributed by atoms with Gasteiger partial charge in [0, 0.05) is 60.4 Å². The molecule has 0 aliphatic heterocycles. The highest BCUT2D eigenvalue weighted by molar-refractivity contribution is 6.26. The summed E-state index contributed by atoms with van der Waals surface area (Å²) >= 11 is 0. The molecule has 0 amide bonds. The van der Waals surface area contributed by atoms with Crippen molar-refractivity contribution in [3.05, 3.63) is 237 Å². The van der Waals surface area contributed by atoms with Crippen LogP contribution >= 0.6 is 0 Å². The first kappa shape index (κ1) is 38.8. The van der Waals surface area contributed by atoms with Crippen LogP contribution in [-0.4, -0.2) is 24.1 Å². The molecule has 4 heterocycles. The van der Waals surface area contributed by atoms with E-state index in [1.807, 2.05) is 48.5 Å². The average molecular weight is 882 g/mol. The summed E-state index contributed by atoms with van der Waals surface area (Å²) in [6.45, 7) is 0. The Bertz CT molecular complexity index is 4270. The third-order valence-corrected chi connectivity index (χ3v) is 13.6. The second kappa shape index (κ2) is 15.6. The molecule has 0 spiro atoms. The molecule has 0 radical (unpaired) electrons. The minimum Gasteiger partial charge on any atom is -0.456 e. The minimum atomic E-state index is 0.583. The summed E-state index contributed by atoms with van der Waals surface area (Å²) in [6, 6.07) is 83.3. The quantitative estimate of drug-likeness (QED) is 0.160. The molecule has 14 rings (SSSR count). The molecular formula is C63H39N5O. The lowest BCUT2D eigenvalue weighted by molar-refractivity contribution is 0.669. The van der Waals surface area contributed by atoms with Crippen LogP contribution in [0, 0.1) is 0 Å². The number of hydrogen-bond acceptors (Lipinski definition) is 4. The first-order valence-corrected chi connectivity index (χ1v) is 23.3. The molecule has 4 aromatic heterocycles. The molecule has 14 aromatic rings. The van der Waals surface area contributed by atoms with Crippen molar-refractivity contribution in [2.45, 2.75) is 0 Å². The maximum atomic E-state index is 6.60. The Morgan fingerprint density at radius 3 is 1.54 bits per heavy atom. The van der Waals surface area contributed by atoms with Crippen molar-refractivity contribution in [3.8, 4) is 67.8 Å². The fourth-order valence-electron chi connectivity index (χ4n) is 10.4. The van der Waals surface area contributed by atoms with E-state index >= 15 is 0 Å². The molecule has 0 fully saturated rings. The van der Waals surface area contributed by atoms with E-state index in [1.54, 1.807) is 0 Å². The molecule has 6 heteroatoms. The number of para-hydroxylation sites is 3. The predicted molar refractivity (Wildman–Crippen MR) is 283 cm³/mol. The summed E-state index contributed by atoms with van der Waals surface area (Å²) < 4.78 is 11.4. The molecule has 0 aliphatic rings. The van der Waals surface area contributed by atoms with E-state index in [1.165, 1.54) is 38.1 Å². The van der Waals surface area contributed by atoms with E-state index in [9.17, 15) is 0 Å². The largest absolute Gasteiger partial charge is 0.456 e. The number of benzene rings is 10. The lowest BCUT2D eigenvalue weighted by Gasteiger charge is -2.10. The second-order valence-electron chi connectivity index (χ2n) is 17.6. The van der Waals surface area contributed by atoms with Gasteiger partial charge in [-0.05, 0) is 89.0 Å². The van der Waals surface area contributed by atoms with Crippen LogP contribution in [-0.2, 0) is 0 Å². The maximum absolute atomic E-state index is 6.60. The summed E-state index contributed by atoms with van der Waals surface area (Å²) in [5.41, 5.74) is 15.7. The van der Waals surface area contributed by atoms with Gasteiger partial charge in [0.15, 0.2) is 17.5 Å². The van der Waals surface area contributed by atoms with Gasteiger partial charge in [0.1, 0.15) is 11.2 Å². The van der Waals surface area contributed by atoms with Gasteiger partial charge in [0.25, 0.3) is 0 Å².